The van der Waals surface area contributed by atoms with Crippen molar-refractivity contribution >= 4 is 0 Å². The molecule has 0 radical (unpaired) electrons. The lowest BCUT2D eigenvalue weighted by Crippen LogP contribution is -2.30. The number of rotatable bonds is 4. The van der Waals surface area contributed by atoms with E-state index in [0.717, 1.165) is 35.5 Å². The van der Waals surface area contributed by atoms with Gasteiger partial charge < -0.3 is 8.83 Å². The number of hydrogen-bond acceptors (Lipinski definition) is 4. The molecule has 4 heteroatoms. The molecule has 0 aromatic carbocycles. The van der Waals surface area contributed by atoms with Crippen LogP contribution >= 0.6 is 0 Å². The summed E-state index contributed by atoms with van der Waals surface area (Å²) in [5, 5.41) is 0. The van der Waals surface area contributed by atoms with Crippen LogP contribution in [0.15, 0.2) is 82.5 Å². The van der Waals surface area contributed by atoms with Crippen molar-refractivity contribution in [3.8, 4) is 11.1 Å². The van der Waals surface area contributed by atoms with Gasteiger partial charge in [-0.1, -0.05) is 0 Å². The Morgan fingerprint density at radius 2 is 1.08 bits per heavy atom. The van der Waals surface area contributed by atoms with Crippen molar-refractivity contribution in [1.29, 1.82) is 0 Å². The van der Waals surface area contributed by atoms with Crippen molar-refractivity contribution in [2.24, 2.45) is 0 Å². The zero-order valence-electron chi connectivity index (χ0n) is 13.6. The highest BCUT2D eigenvalue weighted by molar-refractivity contribution is 5.77. The topological polar surface area (TPSA) is 52.1 Å². The van der Waals surface area contributed by atoms with Crippen LogP contribution in [0.3, 0.4) is 0 Å². The molecule has 0 bridgehead atoms. The van der Waals surface area contributed by atoms with E-state index in [4.69, 9.17) is 8.83 Å². The molecule has 0 saturated carbocycles. The normalized spacial score (nSPS) is 14.2. The van der Waals surface area contributed by atoms with Crippen LogP contribution in [-0.2, 0) is 18.3 Å². The zero-order valence-corrected chi connectivity index (χ0v) is 13.6. The number of pyridine rings is 2. The summed E-state index contributed by atoms with van der Waals surface area (Å²) in [5.74, 6) is 1.96. The minimum Gasteiger partial charge on any atom is -0.468 e. The maximum atomic E-state index is 5.99. The third kappa shape index (κ3) is 2.14. The minimum atomic E-state index is -0.361. The Morgan fingerprint density at radius 3 is 1.52 bits per heavy atom. The lowest BCUT2D eigenvalue weighted by molar-refractivity contribution is 0.328. The predicted octanol–water partition coefficient (Wildman–Crippen LogP) is 4.41. The first kappa shape index (κ1) is 14.2. The monoisotopic (exact) mass is 328 g/mol. The molecular weight excluding hydrogens is 312 g/mol. The van der Waals surface area contributed by atoms with Crippen molar-refractivity contribution in [2.75, 3.05) is 0 Å². The summed E-state index contributed by atoms with van der Waals surface area (Å²) in [7, 11) is 0. The fourth-order valence-electron chi connectivity index (χ4n) is 3.97. The van der Waals surface area contributed by atoms with E-state index in [1.54, 1.807) is 12.5 Å². The second-order valence-corrected chi connectivity index (χ2v) is 6.47. The number of furan rings is 2. The summed E-state index contributed by atoms with van der Waals surface area (Å²) in [6.45, 7) is 0. The Bertz CT molecular complexity index is 919. The minimum absolute atomic E-state index is 0.361. The lowest BCUT2D eigenvalue weighted by atomic mass is 9.75. The van der Waals surface area contributed by atoms with Gasteiger partial charge in [-0.25, -0.2) is 0 Å². The third-order valence-electron chi connectivity index (χ3n) is 5.00. The first-order valence-corrected chi connectivity index (χ1v) is 8.31. The van der Waals surface area contributed by atoms with Crippen LogP contribution in [0.25, 0.3) is 11.1 Å². The molecule has 0 spiro atoms. The van der Waals surface area contributed by atoms with Gasteiger partial charge in [-0.2, -0.15) is 0 Å². The van der Waals surface area contributed by atoms with Gasteiger partial charge in [0.15, 0.2) is 0 Å². The molecule has 122 valence electrons. The van der Waals surface area contributed by atoms with Crippen molar-refractivity contribution in [3.05, 3.63) is 96.4 Å². The molecule has 1 aliphatic rings. The lowest BCUT2D eigenvalue weighted by Gasteiger charge is -2.28. The zero-order chi connectivity index (χ0) is 16.7. The van der Waals surface area contributed by atoms with Gasteiger partial charge in [0.2, 0.25) is 0 Å². The van der Waals surface area contributed by atoms with Crippen LogP contribution in [0, 0.1) is 0 Å². The Balaban J connectivity index is 1.70. The fourth-order valence-corrected chi connectivity index (χ4v) is 3.97. The molecule has 0 saturated heterocycles. The summed E-state index contributed by atoms with van der Waals surface area (Å²) < 4.78 is 12.0. The molecule has 4 heterocycles. The molecule has 4 aromatic rings. The highest BCUT2D eigenvalue weighted by Gasteiger charge is 2.49. The van der Waals surface area contributed by atoms with Crippen LogP contribution in [0.1, 0.15) is 22.6 Å². The molecule has 1 aliphatic carbocycles. The number of hydrogen-bond donors (Lipinski definition) is 0. The Morgan fingerprint density at radius 1 is 0.640 bits per heavy atom. The van der Waals surface area contributed by atoms with E-state index in [1.165, 1.54) is 11.1 Å². The first-order chi connectivity index (χ1) is 12.4. The molecule has 25 heavy (non-hydrogen) atoms. The summed E-state index contributed by atoms with van der Waals surface area (Å²) >= 11 is 0. The van der Waals surface area contributed by atoms with Gasteiger partial charge in [0.25, 0.3) is 0 Å². The Labute approximate surface area is 145 Å². The van der Waals surface area contributed by atoms with Crippen molar-refractivity contribution in [3.63, 3.8) is 0 Å². The van der Waals surface area contributed by atoms with E-state index in [0.29, 0.717) is 0 Å². The van der Waals surface area contributed by atoms with E-state index in [9.17, 15) is 0 Å². The number of aromatic nitrogens is 2. The van der Waals surface area contributed by atoms with Gasteiger partial charge in [0.1, 0.15) is 11.5 Å². The highest BCUT2D eigenvalue weighted by Crippen LogP contribution is 2.53. The molecule has 0 N–H and O–H groups in total. The van der Waals surface area contributed by atoms with E-state index >= 15 is 0 Å². The van der Waals surface area contributed by atoms with Gasteiger partial charge in [-0.15, -0.1) is 0 Å². The fraction of sp³-hybridized carbons (Fsp3) is 0.143. The summed E-state index contributed by atoms with van der Waals surface area (Å²) in [6, 6.07) is 12.3. The molecule has 4 nitrogen and oxygen atoms in total. The smallest absolute Gasteiger partial charge is 0.126 e. The van der Waals surface area contributed by atoms with Gasteiger partial charge >= 0.3 is 0 Å². The molecule has 0 fully saturated rings. The van der Waals surface area contributed by atoms with Crippen LogP contribution in [-0.4, -0.2) is 9.97 Å². The second-order valence-electron chi connectivity index (χ2n) is 6.47. The van der Waals surface area contributed by atoms with Gasteiger partial charge in [0.05, 0.1) is 17.9 Å². The van der Waals surface area contributed by atoms with Crippen LogP contribution in [0.5, 0.6) is 0 Å². The molecule has 4 aromatic heterocycles. The molecule has 0 aliphatic heterocycles. The Kier molecular flexibility index (Phi) is 3.10. The predicted molar refractivity (Wildman–Crippen MR) is 93.1 cm³/mol. The average molecular weight is 328 g/mol. The SMILES string of the molecule is c1cc(CC2(Cc3ccncc3)c3occc3-c3ccoc32)ccn1. The second kappa shape index (κ2) is 5.45. The maximum absolute atomic E-state index is 5.99. The van der Waals surface area contributed by atoms with Crippen LogP contribution < -0.4 is 0 Å². The number of nitrogens with zero attached hydrogens (tertiary/aromatic N) is 2. The van der Waals surface area contributed by atoms with Crippen molar-refractivity contribution in [1.82, 2.24) is 9.97 Å². The molecule has 5 rings (SSSR count). The quantitative estimate of drug-likeness (QED) is 0.556. The summed E-state index contributed by atoms with van der Waals surface area (Å²) in [5.41, 5.74) is 4.31. The summed E-state index contributed by atoms with van der Waals surface area (Å²) in [4.78, 5) is 8.28. The first-order valence-electron chi connectivity index (χ1n) is 8.31. The van der Waals surface area contributed by atoms with Gasteiger partial charge in [0, 0.05) is 35.9 Å². The van der Waals surface area contributed by atoms with Crippen molar-refractivity contribution < 1.29 is 8.83 Å². The van der Waals surface area contributed by atoms with Crippen LogP contribution in [0.2, 0.25) is 0 Å². The van der Waals surface area contributed by atoms with Gasteiger partial charge in [-0.3, -0.25) is 9.97 Å². The molecule has 0 amide bonds. The van der Waals surface area contributed by atoms with E-state index in [-0.39, 0.29) is 5.41 Å². The molecular formula is C21H16N2O2. The highest BCUT2D eigenvalue weighted by atomic mass is 16.4. The molecule has 0 unspecified atom stereocenters. The van der Waals surface area contributed by atoms with E-state index in [1.807, 2.05) is 36.9 Å². The standard InChI is InChI=1S/C21H16N2O2/c1-7-22-8-2-15(1)13-21(14-16-3-9-23-10-4-16)19-17(5-11-24-19)18-6-12-25-20(18)21/h1-12H,13-14H2. The average Bonchev–Trinajstić information content (AvgIpc) is 3.35. The van der Waals surface area contributed by atoms with E-state index < -0.39 is 0 Å². The van der Waals surface area contributed by atoms with E-state index in [2.05, 4.69) is 34.2 Å². The summed E-state index contributed by atoms with van der Waals surface area (Å²) in [6.07, 6.45) is 12.4. The number of fused-ring (bicyclic) bond motifs is 3. The maximum Gasteiger partial charge on any atom is 0.126 e. The third-order valence-corrected chi connectivity index (χ3v) is 5.00. The van der Waals surface area contributed by atoms with Crippen LogP contribution in [0.4, 0.5) is 0 Å². The van der Waals surface area contributed by atoms with Crippen molar-refractivity contribution in [2.45, 2.75) is 18.3 Å². The largest absolute Gasteiger partial charge is 0.468 e. The Hall–Kier alpha value is -3.14. The van der Waals surface area contributed by atoms with Gasteiger partial charge in [-0.05, 0) is 60.4 Å². The molecule has 0 atom stereocenters.